The number of nitrogens with zero attached hydrogens (tertiary/aromatic N) is 1. The van der Waals surface area contributed by atoms with Crippen LogP contribution in [0, 0.1) is 0 Å². The lowest BCUT2D eigenvalue weighted by molar-refractivity contribution is 0.373. The summed E-state index contributed by atoms with van der Waals surface area (Å²) in [6.45, 7) is 4.14. The van der Waals surface area contributed by atoms with E-state index in [1.807, 2.05) is 43.0 Å². The largest absolute Gasteiger partial charge is 0.504 e. The summed E-state index contributed by atoms with van der Waals surface area (Å²) in [4.78, 5) is 5.82. The third kappa shape index (κ3) is 6.58. The Balaban J connectivity index is 1.84. The number of nitrogens with one attached hydrogen (secondary N) is 2. The molecule has 0 aliphatic carbocycles. The maximum absolute atomic E-state index is 9.83. The number of phenols is 1. The maximum Gasteiger partial charge on any atom is 0.191 e. The molecule has 25 heavy (non-hydrogen) atoms. The molecule has 0 bridgehead atoms. The minimum absolute atomic E-state index is 0.132. The highest BCUT2D eigenvalue weighted by Gasteiger charge is 2.03. The second kappa shape index (κ2) is 10.5. The van der Waals surface area contributed by atoms with E-state index in [0.717, 1.165) is 30.4 Å². The summed E-state index contributed by atoms with van der Waals surface area (Å²) in [6, 6.07) is 15.7. The molecule has 0 amide bonds. The molecule has 0 fully saturated rings. The monoisotopic (exact) mass is 359 g/mol. The molecule has 0 aliphatic rings. The van der Waals surface area contributed by atoms with Crippen molar-refractivity contribution < 1.29 is 9.84 Å². The van der Waals surface area contributed by atoms with E-state index >= 15 is 0 Å². The summed E-state index contributed by atoms with van der Waals surface area (Å²) in [7, 11) is 1.54. The molecule has 2 aromatic rings. The van der Waals surface area contributed by atoms with Crippen LogP contribution in [-0.2, 0) is 6.54 Å². The van der Waals surface area contributed by atoms with Crippen molar-refractivity contribution in [1.29, 1.82) is 0 Å². The van der Waals surface area contributed by atoms with Crippen LogP contribution in [0.1, 0.15) is 12.5 Å². The lowest BCUT2D eigenvalue weighted by Crippen LogP contribution is -2.38. The van der Waals surface area contributed by atoms with Gasteiger partial charge in [-0.15, -0.1) is 11.8 Å². The van der Waals surface area contributed by atoms with Crippen LogP contribution in [0.2, 0.25) is 0 Å². The number of aromatic hydroxyl groups is 1. The van der Waals surface area contributed by atoms with Gasteiger partial charge in [0.2, 0.25) is 0 Å². The summed E-state index contributed by atoms with van der Waals surface area (Å²) in [5.41, 5.74) is 0.925. The Hall–Kier alpha value is -2.34. The van der Waals surface area contributed by atoms with Gasteiger partial charge in [-0.25, -0.2) is 4.99 Å². The van der Waals surface area contributed by atoms with Crippen LogP contribution < -0.4 is 15.4 Å². The molecule has 0 aliphatic heterocycles. The van der Waals surface area contributed by atoms with Crippen molar-refractivity contribution in [2.75, 3.05) is 26.0 Å². The van der Waals surface area contributed by atoms with Gasteiger partial charge in [-0.3, -0.25) is 0 Å². The molecule has 6 heteroatoms. The van der Waals surface area contributed by atoms with Crippen LogP contribution in [0.4, 0.5) is 0 Å². The van der Waals surface area contributed by atoms with E-state index in [0.29, 0.717) is 12.3 Å². The Kier molecular flexibility index (Phi) is 7.98. The summed E-state index contributed by atoms with van der Waals surface area (Å²) in [6.07, 6.45) is 0. The van der Waals surface area contributed by atoms with E-state index in [1.54, 1.807) is 12.1 Å². The molecule has 2 aromatic carbocycles. The lowest BCUT2D eigenvalue weighted by Gasteiger charge is -2.11. The number of methoxy groups -OCH3 is 1. The van der Waals surface area contributed by atoms with Gasteiger partial charge in [0.15, 0.2) is 17.5 Å². The van der Waals surface area contributed by atoms with Gasteiger partial charge >= 0.3 is 0 Å². The second-order valence-electron chi connectivity index (χ2n) is 5.29. The highest BCUT2D eigenvalue weighted by molar-refractivity contribution is 7.99. The predicted octanol–water partition coefficient (Wildman–Crippen LogP) is 3.25. The van der Waals surface area contributed by atoms with Crippen molar-refractivity contribution in [2.45, 2.75) is 18.4 Å². The molecule has 3 N–H and O–H groups in total. The van der Waals surface area contributed by atoms with Crippen molar-refractivity contribution in [3.8, 4) is 11.5 Å². The van der Waals surface area contributed by atoms with Crippen molar-refractivity contribution in [3.63, 3.8) is 0 Å². The van der Waals surface area contributed by atoms with E-state index in [9.17, 15) is 5.11 Å². The zero-order valence-electron chi connectivity index (χ0n) is 14.7. The Labute approximate surface area is 153 Å². The van der Waals surface area contributed by atoms with E-state index in [-0.39, 0.29) is 5.75 Å². The van der Waals surface area contributed by atoms with Gasteiger partial charge in [0.25, 0.3) is 0 Å². The minimum atomic E-state index is 0.132. The van der Waals surface area contributed by atoms with Crippen LogP contribution in [0.15, 0.2) is 58.4 Å². The van der Waals surface area contributed by atoms with Crippen molar-refractivity contribution in [3.05, 3.63) is 54.1 Å². The van der Waals surface area contributed by atoms with Crippen molar-refractivity contribution >= 4 is 17.7 Å². The first-order valence-electron chi connectivity index (χ1n) is 8.29. The van der Waals surface area contributed by atoms with Crippen LogP contribution in [-0.4, -0.2) is 37.0 Å². The molecule has 0 saturated carbocycles. The first-order chi connectivity index (χ1) is 12.2. The first kappa shape index (κ1) is 19.0. The molecular weight excluding hydrogens is 334 g/mol. The standard InChI is InChI=1S/C19H25N3O2S/c1-3-20-19(21-11-12-25-16-7-5-4-6-8-16)22-14-15-9-10-18(24-2)17(23)13-15/h4-10,13,23H,3,11-12,14H2,1-2H3,(H2,20,21,22). The number of phenolic OH excluding ortho intramolecular Hbond substituents is 1. The fourth-order valence-corrected chi connectivity index (χ4v) is 2.99. The molecule has 5 nitrogen and oxygen atoms in total. The number of guanidine groups is 1. The summed E-state index contributed by atoms with van der Waals surface area (Å²) < 4.78 is 5.05. The molecule has 0 unspecified atom stereocenters. The summed E-state index contributed by atoms with van der Waals surface area (Å²) in [5.74, 6) is 2.33. The van der Waals surface area contributed by atoms with Gasteiger partial charge < -0.3 is 20.5 Å². The lowest BCUT2D eigenvalue weighted by atomic mass is 10.2. The summed E-state index contributed by atoms with van der Waals surface area (Å²) >= 11 is 1.81. The molecule has 0 aromatic heterocycles. The normalized spacial score (nSPS) is 11.2. The topological polar surface area (TPSA) is 65.9 Å². The van der Waals surface area contributed by atoms with Crippen LogP contribution in [0.3, 0.4) is 0 Å². The number of benzene rings is 2. The molecule has 0 atom stereocenters. The smallest absolute Gasteiger partial charge is 0.191 e. The third-order valence-corrected chi connectivity index (χ3v) is 4.43. The number of rotatable bonds is 8. The van der Waals surface area contributed by atoms with Gasteiger partial charge in [0.1, 0.15) is 0 Å². The van der Waals surface area contributed by atoms with Gasteiger partial charge in [-0.1, -0.05) is 24.3 Å². The van der Waals surface area contributed by atoms with E-state index < -0.39 is 0 Å². The molecule has 0 radical (unpaired) electrons. The van der Waals surface area contributed by atoms with Gasteiger partial charge in [-0.2, -0.15) is 0 Å². The Morgan fingerprint density at radius 3 is 2.64 bits per heavy atom. The van der Waals surface area contributed by atoms with Crippen LogP contribution >= 0.6 is 11.8 Å². The number of ether oxygens (including phenoxy) is 1. The predicted molar refractivity (Wildman–Crippen MR) is 105 cm³/mol. The van der Waals surface area contributed by atoms with Gasteiger partial charge in [-0.05, 0) is 36.8 Å². The van der Waals surface area contributed by atoms with Crippen LogP contribution in [0.5, 0.6) is 11.5 Å². The molecule has 0 spiro atoms. The Morgan fingerprint density at radius 2 is 1.96 bits per heavy atom. The molecule has 0 heterocycles. The Bertz CT molecular complexity index is 678. The highest BCUT2D eigenvalue weighted by atomic mass is 32.2. The average Bonchev–Trinajstić information content (AvgIpc) is 2.64. The van der Waals surface area contributed by atoms with E-state index in [4.69, 9.17) is 4.74 Å². The Morgan fingerprint density at radius 1 is 1.16 bits per heavy atom. The van der Waals surface area contributed by atoms with E-state index in [2.05, 4.69) is 27.8 Å². The fourth-order valence-electron chi connectivity index (χ4n) is 2.20. The SMILES string of the molecule is CCNC(=NCc1ccc(OC)c(O)c1)NCCSc1ccccc1. The highest BCUT2D eigenvalue weighted by Crippen LogP contribution is 2.26. The maximum atomic E-state index is 9.83. The summed E-state index contributed by atoms with van der Waals surface area (Å²) in [5, 5.41) is 16.4. The zero-order valence-corrected chi connectivity index (χ0v) is 15.5. The van der Waals surface area contributed by atoms with Crippen LogP contribution in [0.25, 0.3) is 0 Å². The number of thioether (sulfide) groups is 1. The average molecular weight is 359 g/mol. The quantitative estimate of drug-likeness (QED) is 0.292. The van der Waals surface area contributed by atoms with Gasteiger partial charge in [0, 0.05) is 23.7 Å². The number of hydrogen-bond acceptors (Lipinski definition) is 4. The van der Waals surface area contributed by atoms with E-state index in [1.165, 1.54) is 12.0 Å². The first-order valence-corrected chi connectivity index (χ1v) is 9.27. The molecule has 0 saturated heterocycles. The second-order valence-corrected chi connectivity index (χ2v) is 6.46. The molecule has 2 rings (SSSR count). The zero-order chi connectivity index (χ0) is 17.9. The molecular formula is C19H25N3O2S. The number of hydrogen-bond donors (Lipinski definition) is 3. The van der Waals surface area contributed by atoms with Crippen molar-refractivity contribution in [2.24, 2.45) is 4.99 Å². The number of aliphatic imine (C=N–C) groups is 1. The van der Waals surface area contributed by atoms with Crippen molar-refractivity contribution in [1.82, 2.24) is 10.6 Å². The van der Waals surface area contributed by atoms with Gasteiger partial charge in [0.05, 0.1) is 13.7 Å². The molecule has 134 valence electrons. The fraction of sp³-hybridized carbons (Fsp3) is 0.316. The third-order valence-electron chi connectivity index (χ3n) is 3.41. The minimum Gasteiger partial charge on any atom is -0.504 e.